The summed E-state index contributed by atoms with van der Waals surface area (Å²) in [5, 5.41) is 3.32. The Balaban J connectivity index is 2.07. The molecular weight excluding hydrogens is 250 g/mol. The zero-order valence-corrected chi connectivity index (χ0v) is 13.6. The van der Waals surface area contributed by atoms with Crippen molar-refractivity contribution in [2.45, 2.75) is 40.2 Å². The van der Waals surface area contributed by atoms with E-state index in [1.807, 2.05) is 0 Å². The largest absolute Gasteiger partial charge is 0.339 e. The van der Waals surface area contributed by atoms with Gasteiger partial charge in [0.25, 0.3) is 0 Å². The van der Waals surface area contributed by atoms with Crippen molar-refractivity contribution in [3.63, 3.8) is 0 Å². The smallest absolute Gasteiger partial charge is 0.240 e. The first-order chi connectivity index (χ1) is 9.49. The van der Waals surface area contributed by atoms with Gasteiger partial charge < -0.3 is 10.2 Å². The van der Waals surface area contributed by atoms with Crippen LogP contribution in [0.1, 0.15) is 34.1 Å². The lowest BCUT2D eigenvalue weighted by Crippen LogP contribution is -2.58. The molecule has 20 heavy (non-hydrogen) atoms. The molecule has 0 aromatic carbocycles. The van der Waals surface area contributed by atoms with Gasteiger partial charge in [0, 0.05) is 39.3 Å². The molecule has 0 aromatic heterocycles. The fourth-order valence-electron chi connectivity index (χ4n) is 3.87. The number of carbonyl (C=O) groups excluding carboxylic acids is 1. The van der Waals surface area contributed by atoms with Crippen molar-refractivity contribution in [1.29, 1.82) is 0 Å². The Hall–Kier alpha value is -0.610. The molecule has 1 N–H and O–H groups in total. The third kappa shape index (κ3) is 3.73. The van der Waals surface area contributed by atoms with E-state index >= 15 is 0 Å². The molecule has 0 spiro atoms. The number of hydrogen-bond acceptors (Lipinski definition) is 3. The summed E-state index contributed by atoms with van der Waals surface area (Å²) < 4.78 is 0. The molecule has 2 heterocycles. The number of likely N-dealkylation sites (tertiary alicyclic amines) is 1. The second-order valence-electron chi connectivity index (χ2n) is 7.16. The summed E-state index contributed by atoms with van der Waals surface area (Å²) in [4.78, 5) is 17.4. The molecule has 2 rings (SSSR count). The standard InChI is InChI=1S/C16H31N3O/c1-12(2)15(16(20)18-7-5-17-6-8-18)19-10-13(3)9-14(4)11-19/h12-15,17H,5-11H2,1-4H3. The van der Waals surface area contributed by atoms with E-state index in [9.17, 15) is 4.79 Å². The second-order valence-corrected chi connectivity index (χ2v) is 7.16. The first-order valence-electron chi connectivity index (χ1n) is 8.22. The van der Waals surface area contributed by atoms with Crippen molar-refractivity contribution in [1.82, 2.24) is 15.1 Å². The first kappa shape index (κ1) is 15.8. The van der Waals surface area contributed by atoms with Gasteiger partial charge in [0.05, 0.1) is 6.04 Å². The van der Waals surface area contributed by atoms with Crippen LogP contribution in [-0.4, -0.2) is 61.0 Å². The maximum Gasteiger partial charge on any atom is 0.240 e. The summed E-state index contributed by atoms with van der Waals surface area (Å²) in [5.74, 6) is 2.14. The maximum atomic E-state index is 12.9. The lowest BCUT2D eigenvalue weighted by Gasteiger charge is -2.43. The van der Waals surface area contributed by atoms with Gasteiger partial charge in [0.1, 0.15) is 0 Å². The predicted octanol–water partition coefficient (Wildman–Crippen LogP) is 1.42. The van der Waals surface area contributed by atoms with E-state index in [1.165, 1.54) is 6.42 Å². The van der Waals surface area contributed by atoms with Crippen LogP contribution in [0.2, 0.25) is 0 Å². The van der Waals surface area contributed by atoms with Crippen LogP contribution in [0.5, 0.6) is 0 Å². The summed E-state index contributed by atoms with van der Waals surface area (Å²) in [6, 6.07) is 0.0679. The first-order valence-corrected chi connectivity index (χ1v) is 8.22. The molecule has 0 bridgehead atoms. The highest BCUT2D eigenvalue weighted by Gasteiger charge is 2.36. The van der Waals surface area contributed by atoms with Crippen molar-refractivity contribution in [2.75, 3.05) is 39.3 Å². The van der Waals surface area contributed by atoms with Crippen LogP contribution in [-0.2, 0) is 4.79 Å². The van der Waals surface area contributed by atoms with Gasteiger partial charge in [-0.1, -0.05) is 27.7 Å². The van der Waals surface area contributed by atoms with E-state index in [2.05, 4.69) is 42.8 Å². The van der Waals surface area contributed by atoms with Gasteiger partial charge in [-0.25, -0.2) is 0 Å². The second kappa shape index (κ2) is 6.90. The average Bonchev–Trinajstić information content (AvgIpc) is 2.38. The lowest BCUT2D eigenvalue weighted by molar-refractivity contribution is -0.140. The summed E-state index contributed by atoms with van der Waals surface area (Å²) in [5.41, 5.74) is 0. The van der Waals surface area contributed by atoms with Crippen LogP contribution in [0, 0.1) is 17.8 Å². The van der Waals surface area contributed by atoms with Crippen LogP contribution < -0.4 is 5.32 Å². The minimum absolute atomic E-state index is 0.0679. The maximum absolute atomic E-state index is 12.9. The molecule has 3 atom stereocenters. The Labute approximate surface area is 123 Å². The molecule has 2 aliphatic heterocycles. The molecule has 0 aromatic rings. The van der Waals surface area contributed by atoms with Gasteiger partial charge in [-0.15, -0.1) is 0 Å². The lowest BCUT2D eigenvalue weighted by atomic mass is 9.88. The molecule has 0 aliphatic carbocycles. The topological polar surface area (TPSA) is 35.6 Å². The van der Waals surface area contributed by atoms with Crippen LogP contribution in [0.25, 0.3) is 0 Å². The molecule has 1 amide bonds. The van der Waals surface area contributed by atoms with E-state index in [0.717, 1.165) is 39.3 Å². The number of nitrogens with one attached hydrogen (secondary N) is 1. The highest BCUT2D eigenvalue weighted by molar-refractivity contribution is 5.82. The molecule has 116 valence electrons. The van der Waals surface area contributed by atoms with Gasteiger partial charge in [0.2, 0.25) is 5.91 Å². The highest BCUT2D eigenvalue weighted by Crippen LogP contribution is 2.26. The Morgan fingerprint density at radius 2 is 1.65 bits per heavy atom. The van der Waals surface area contributed by atoms with Crippen LogP contribution in [0.3, 0.4) is 0 Å². The van der Waals surface area contributed by atoms with E-state index < -0.39 is 0 Å². The molecule has 0 saturated carbocycles. The minimum atomic E-state index is 0.0679. The summed E-state index contributed by atoms with van der Waals surface area (Å²) in [7, 11) is 0. The third-order valence-corrected chi connectivity index (χ3v) is 4.60. The Kier molecular flexibility index (Phi) is 5.44. The van der Waals surface area contributed by atoms with Crippen molar-refractivity contribution < 1.29 is 4.79 Å². The number of piperazine rings is 1. The predicted molar refractivity (Wildman–Crippen MR) is 82.6 cm³/mol. The SMILES string of the molecule is CC1CC(C)CN(C(C(=O)N2CCNCC2)C(C)C)C1. The number of piperidine rings is 1. The number of carbonyl (C=O) groups is 1. The Bertz CT molecular complexity index is 316. The molecule has 0 radical (unpaired) electrons. The van der Waals surface area contributed by atoms with Gasteiger partial charge >= 0.3 is 0 Å². The van der Waals surface area contributed by atoms with Crippen LogP contribution >= 0.6 is 0 Å². The molecule has 4 nitrogen and oxygen atoms in total. The number of hydrogen-bond donors (Lipinski definition) is 1. The average molecular weight is 281 g/mol. The van der Waals surface area contributed by atoms with Crippen molar-refractivity contribution in [3.05, 3.63) is 0 Å². The zero-order chi connectivity index (χ0) is 14.7. The summed E-state index contributed by atoms with van der Waals surface area (Å²) in [6.45, 7) is 14.7. The fourth-order valence-corrected chi connectivity index (χ4v) is 3.87. The van der Waals surface area contributed by atoms with E-state index in [-0.39, 0.29) is 6.04 Å². The zero-order valence-electron chi connectivity index (χ0n) is 13.6. The number of nitrogens with zero attached hydrogens (tertiary/aromatic N) is 2. The molecule has 2 fully saturated rings. The summed E-state index contributed by atoms with van der Waals surface area (Å²) >= 11 is 0. The number of amides is 1. The molecular formula is C16H31N3O. The molecule has 4 heteroatoms. The minimum Gasteiger partial charge on any atom is -0.339 e. The molecule has 2 aliphatic rings. The van der Waals surface area contributed by atoms with Crippen LogP contribution in [0.15, 0.2) is 0 Å². The van der Waals surface area contributed by atoms with Crippen molar-refractivity contribution >= 4 is 5.91 Å². The van der Waals surface area contributed by atoms with E-state index in [0.29, 0.717) is 23.7 Å². The normalized spacial score (nSPS) is 30.6. The van der Waals surface area contributed by atoms with Crippen LogP contribution in [0.4, 0.5) is 0 Å². The third-order valence-electron chi connectivity index (χ3n) is 4.60. The summed E-state index contributed by atoms with van der Waals surface area (Å²) in [6.07, 6.45) is 1.29. The van der Waals surface area contributed by atoms with Gasteiger partial charge in [-0.3, -0.25) is 9.69 Å². The van der Waals surface area contributed by atoms with Crippen molar-refractivity contribution in [2.24, 2.45) is 17.8 Å². The van der Waals surface area contributed by atoms with Gasteiger partial charge in [-0.05, 0) is 24.2 Å². The molecule has 3 unspecified atom stereocenters. The van der Waals surface area contributed by atoms with E-state index in [4.69, 9.17) is 0 Å². The monoisotopic (exact) mass is 281 g/mol. The number of rotatable bonds is 3. The molecule has 2 saturated heterocycles. The Morgan fingerprint density at radius 1 is 1.10 bits per heavy atom. The van der Waals surface area contributed by atoms with Crippen molar-refractivity contribution in [3.8, 4) is 0 Å². The highest BCUT2D eigenvalue weighted by atomic mass is 16.2. The van der Waals surface area contributed by atoms with Gasteiger partial charge in [-0.2, -0.15) is 0 Å². The van der Waals surface area contributed by atoms with Gasteiger partial charge in [0.15, 0.2) is 0 Å². The van der Waals surface area contributed by atoms with E-state index in [1.54, 1.807) is 0 Å². The Morgan fingerprint density at radius 3 is 2.15 bits per heavy atom. The fraction of sp³-hybridized carbons (Fsp3) is 0.938. The quantitative estimate of drug-likeness (QED) is 0.850.